The number of anilines is 1. The second-order valence-corrected chi connectivity index (χ2v) is 5.89. The Balaban J connectivity index is 2.73. The van der Waals surface area contributed by atoms with Crippen LogP contribution in [-0.4, -0.2) is 22.5 Å². The van der Waals surface area contributed by atoms with Gasteiger partial charge in [-0.05, 0) is 38.1 Å². The molecule has 142 valence electrons. The molecule has 0 aliphatic rings. The fraction of sp³-hybridized carbons (Fsp3) is 0.263. The number of rotatable bonds is 7. The number of hydrogen-bond donors (Lipinski definition) is 2. The molecule has 0 radical (unpaired) electrons. The molecule has 0 bridgehead atoms. The maximum absolute atomic E-state index is 12.5. The zero-order valence-corrected chi connectivity index (χ0v) is 15.3. The molecule has 2 rings (SSSR count). The van der Waals surface area contributed by atoms with E-state index in [0.717, 1.165) is 6.92 Å². The minimum Gasteiger partial charge on any atom is -0.459 e. The van der Waals surface area contributed by atoms with Crippen LogP contribution in [0.2, 0.25) is 0 Å². The molecule has 4 N–H and O–H groups in total. The fourth-order valence-corrected chi connectivity index (χ4v) is 2.74. The molecule has 1 aromatic heterocycles. The van der Waals surface area contributed by atoms with Crippen molar-refractivity contribution in [3.05, 3.63) is 53.3 Å². The van der Waals surface area contributed by atoms with E-state index in [-0.39, 0.29) is 29.3 Å². The first-order valence-corrected chi connectivity index (χ1v) is 8.24. The molecular formula is C19H21N3O5. The second-order valence-electron chi connectivity index (χ2n) is 5.89. The number of nitrogens with zero attached hydrogens (tertiary/aromatic N) is 1. The van der Waals surface area contributed by atoms with Gasteiger partial charge in [0.15, 0.2) is 11.6 Å². The minimum absolute atomic E-state index is 0.0144. The summed E-state index contributed by atoms with van der Waals surface area (Å²) in [6.07, 6.45) is 1.67. The normalized spacial score (nSPS) is 12.7. The Morgan fingerprint density at radius 1 is 1.19 bits per heavy atom. The molecule has 0 saturated carbocycles. The third-order valence-electron chi connectivity index (χ3n) is 4.23. The van der Waals surface area contributed by atoms with Crippen molar-refractivity contribution in [2.75, 3.05) is 5.73 Å². The molecule has 1 heterocycles. The number of nitrogen functional groups attached to an aromatic ring is 1. The van der Waals surface area contributed by atoms with Crippen molar-refractivity contribution in [1.29, 1.82) is 0 Å². The van der Waals surface area contributed by atoms with Crippen molar-refractivity contribution in [2.24, 2.45) is 5.90 Å². The van der Waals surface area contributed by atoms with Crippen LogP contribution in [0.15, 0.2) is 36.5 Å². The number of carbonyl (C=O) groups excluding carboxylic acids is 3. The Hall–Kier alpha value is -3.26. The lowest BCUT2D eigenvalue weighted by molar-refractivity contribution is -0.168. The summed E-state index contributed by atoms with van der Waals surface area (Å²) in [4.78, 5) is 45.7. The molecule has 1 aromatic carbocycles. The van der Waals surface area contributed by atoms with Gasteiger partial charge in [0.2, 0.25) is 0 Å². The van der Waals surface area contributed by atoms with Gasteiger partial charge in [0.25, 0.3) is 0 Å². The molecule has 8 heteroatoms. The van der Waals surface area contributed by atoms with Crippen LogP contribution in [0.25, 0.3) is 0 Å². The first-order chi connectivity index (χ1) is 12.8. The number of benzene rings is 1. The van der Waals surface area contributed by atoms with Crippen LogP contribution < -0.4 is 16.4 Å². The van der Waals surface area contributed by atoms with E-state index in [1.54, 1.807) is 32.0 Å². The van der Waals surface area contributed by atoms with Gasteiger partial charge < -0.3 is 15.3 Å². The maximum atomic E-state index is 12.5. The fourth-order valence-electron chi connectivity index (χ4n) is 2.74. The number of pyridine rings is 1. The topological polar surface area (TPSA) is 135 Å². The molecule has 0 aliphatic carbocycles. The quantitative estimate of drug-likeness (QED) is 0.326. The molecule has 8 nitrogen and oxygen atoms in total. The van der Waals surface area contributed by atoms with Crippen molar-refractivity contribution in [3.63, 3.8) is 0 Å². The molecule has 0 amide bonds. The van der Waals surface area contributed by atoms with Gasteiger partial charge in [-0.25, -0.2) is 4.79 Å². The summed E-state index contributed by atoms with van der Waals surface area (Å²) in [5.41, 5.74) is 4.65. The zero-order chi connectivity index (χ0) is 20.2. The number of ether oxygens (including phenoxy) is 1. The minimum atomic E-state index is -2.26. The first-order valence-electron chi connectivity index (χ1n) is 8.24. The van der Waals surface area contributed by atoms with Crippen molar-refractivity contribution in [3.8, 4) is 5.75 Å². The third kappa shape index (κ3) is 3.52. The average molecular weight is 371 g/mol. The summed E-state index contributed by atoms with van der Waals surface area (Å²) >= 11 is 0. The number of carbonyl (C=O) groups is 3. The summed E-state index contributed by atoms with van der Waals surface area (Å²) in [6.45, 7) is 4.49. The molecular weight excluding hydrogens is 350 g/mol. The van der Waals surface area contributed by atoms with Crippen LogP contribution >= 0.6 is 0 Å². The average Bonchev–Trinajstić information content (AvgIpc) is 2.67. The van der Waals surface area contributed by atoms with Gasteiger partial charge in [-0.2, -0.15) is 5.90 Å². The van der Waals surface area contributed by atoms with E-state index < -0.39 is 17.4 Å². The van der Waals surface area contributed by atoms with Gasteiger partial charge in [-0.1, -0.05) is 13.0 Å². The smallest absolute Gasteiger partial charge is 0.383 e. The Labute approximate surface area is 156 Å². The van der Waals surface area contributed by atoms with Crippen molar-refractivity contribution >= 4 is 23.2 Å². The summed E-state index contributed by atoms with van der Waals surface area (Å²) in [5.74, 6) is 3.09. The summed E-state index contributed by atoms with van der Waals surface area (Å²) in [7, 11) is 0. The molecule has 27 heavy (non-hydrogen) atoms. The van der Waals surface area contributed by atoms with Crippen LogP contribution in [0.1, 0.15) is 41.9 Å². The number of aromatic nitrogens is 1. The molecule has 2 aromatic rings. The number of nitrogens with two attached hydrogens (primary N) is 2. The van der Waals surface area contributed by atoms with Crippen molar-refractivity contribution < 1.29 is 24.0 Å². The van der Waals surface area contributed by atoms with E-state index in [9.17, 15) is 14.4 Å². The lowest BCUT2D eigenvalue weighted by Crippen LogP contribution is -2.50. The first kappa shape index (κ1) is 20.1. The Morgan fingerprint density at radius 3 is 2.41 bits per heavy atom. The zero-order valence-electron chi connectivity index (χ0n) is 15.3. The monoisotopic (exact) mass is 371 g/mol. The molecule has 0 fully saturated rings. The molecule has 0 spiro atoms. The Morgan fingerprint density at radius 2 is 1.89 bits per heavy atom. The van der Waals surface area contributed by atoms with Crippen LogP contribution in [-0.2, 0) is 20.0 Å². The summed E-state index contributed by atoms with van der Waals surface area (Å²) in [5, 5.41) is 0. The lowest BCUT2D eigenvalue weighted by Gasteiger charge is -2.30. The molecule has 0 saturated heterocycles. The lowest BCUT2D eigenvalue weighted by atomic mass is 9.93. The van der Waals surface area contributed by atoms with E-state index in [1.807, 2.05) is 0 Å². The highest BCUT2D eigenvalue weighted by Gasteiger charge is 2.51. The number of hydrogen-bond acceptors (Lipinski definition) is 8. The summed E-state index contributed by atoms with van der Waals surface area (Å²) < 4.78 is 5.86. The van der Waals surface area contributed by atoms with Crippen LogP contribution in [0, 0.1) is 6.92 Å². The SMILES string of the molecule is CCC(=O)c1ccc(N)c(OC(C(C)=O)(C(=O)ON)c2ccccn2)c1C. The predicted molar refractivity (Wildman–Crippen MR) is 97.7 cm³/mol. The predicted octanol–water partition coefficient (Wildman–Crippen LogP) is 1.85. The number of Topliss-reactive ketones (excluding diaryl/α,β-unsaturated/α-hetero) is 2. The van der Waals surface area contributed by atoms with Gasteiger partial charge >= 0.3 is 11.6 Å². The molecule has 1 unspecified atom stereocenters. The highest BCUT2D eigenvalue weighted by Crippen LogP contribution is 2.37. The number of ketones is 2. The van der Waals surface area contributed by atoms with Gasteiger partial charge in [-0.3, -0.25) is 14.6 Å². The van der Waals surface area contributed by atoms with E-state index in [2.05, 4.69) is 9.82 Å². The third-order valence-corrected chi connectivity index (χ3v) is 4.23. The van der Waals surface area contributed by atoms with Crippen LogP contribution in [0.3, 0.4) is 0 Å². The second kappa shape index (κ2) is 7.96. The van der Waals surface area contributed by atoms with Crippen LogP contribution in [0.5, 0.6) is 5.75 Å². The van der Waals surface area contributed by atoms with E-state index >= 15 is 0 Å². The molecule has 1 atom stereocenters. The van der Waals surface area contributed by atoms with E-state index in [1.165, 1.54) is 18.3 Å². The van der Waals surface area contributed by atoms with Crippen LogP contribution in [0.4, 0.5) is 5.69 Å². The highest BCUT2D eigenvalue weighted by atomic mass is 16.7. The summed E-state index contributed by atoms with van der Waals surface area (Å²) in [6, 6.07) is 7.68. The van der Waals surface area contributed by atoms with Gasteiger partial charge in [0.1, 0.15) is 11.4 Å². The maximum Gasteiger partial charge on any atom is 0.383 e. The van der Waals surface area contributed by atoms with Crippen molar-refractivity contribution in [2.45, 2.75) is 32.8 Å². The van der Waals surface area contributed by atoms with Gasteiger partial charge in [0.05, 0.1) is 5.69 Å². The van der Waals surface area contributed by atoms with Gasteiger partial charge in [-0.15, -0.1) is 0 Å². The Bertz CT molecular complexity index is 882. The van der Waals surface area contributed by atoms with Crippen molar-refractivity contribution in [1.82, 2.24) is 4.98 Å². The largest absolute Gasteiger partial charge is 0.459 e. The molecule has 0 aliphatic heterocycles. The van der Waals surface area contributed by atoms with E-state index in [4.69, 9.17) is 16.4 Å². The highest BCUT2D eigenvalue weighted by molar-refractivity contribution is 6.07. The van der Waals surface area contributed by atoms with Gasteiger partial charge in [0, 0.05) is 23.7 Å². The Kier molecular flexibility index (Phi) is 5.91. The van der Waals surface area contributed by atoms with E-state index in [0.29, 0.717) is 11.1 Å². The standard InChI is InChI=1S/C19H21N3O5/c1-4-15(24)13-8-9-14(20)17(11(13)2)26-19(12(3)23,18(25)27-21)16-7-5-6-10-22-16/h5-10H,4,20-21H2,1-3H3.